The predicted molar refractivity (Wildman–Crippen MR) is 248 cm³/mol. The van der Waals surface area contributed by atoms with E-state index in [2.05, 4.69) is 43.7 Å². The number of benzene rings is 2. The summed E-state index contributed by atoms with van der Waals surface area (Å²) in [5.74, 6) is -0.690. The smallest absolute Gasteiger partial charge is 0.410 e. The third kappa shape index (κ3) is 8.78. The van der Waals surface area contributed by atoms with Crippen LogP contribution in [0.25, 0.3) is 32.9 Å². The lowest BCUT2D eigenvalue weighted by Gasteiger charge is -2.48. The van der Waals surface area contributed by atoms with Crippen molar-refractivity contribution in [3.63, 3.8) is 0 Å². The number of carbonyl (C=O) groups excluding carboxylic acids is 2. The number of carbonyl (C=O) groups is 2. The number of pyridine rings is 1. The number of nitrogens with zero attached hydrogens (tertiary/aromatic N) is 6. The van der Waals surface area contributed by atoms with Crippen LogP contribution in [0.2, 0.25) is 23.3 Å². The van der Waals surface area contributed by atoms with Gasteiger partial charge in [0.05, 0.1) is 41.1 Å². The zero-order valence-electron chi connectivity index (χ0n) is 39.1. The van der Waals surface area contributed by atoms with Crippen molar-refractivity contribution in [2.75, 3.05) is 37.7 Å². The molecule has 0 saturated carbocycles. The van der Waals surface area contributed by atoms with E-state index in [-0.39, 0.29) is 63.8 Å². The van der Waals surface area contributed by atoms with E-state index < -0.39 is 55.0 Å². The van der Waals surface area contributed by atoms with Crippen LogP contribution in [0, 0.1) is 11.2 Å². The van der Waals surface area contributed by atoms with Gasteiger partial charge in [0, 0.05) is 25.1 Å². The number of halogens is 3. The highest BCUT2D eigenvalue weighted by Crippen LogP contribution is 2.46. The first-order valence-corrected chi connectivity index (χ1v) is 25.9. The maximum absolute atomic E-state index is 17.9. The fourth-order valence-corrected chi connectivity index (χ4v) is 10.9. The van der Waals surface area contributed by atoms with E-state index in [1.54, 1.807) is 32.9 Å². The molecule has 8 rings (SSSR count). The second-order valence-electron chi connectivity index (χ2n) is 21.8. The summed E-state index contributed by atoms with van der Waals surface area (Å²) in [7, 11) is -2.34. The van der Waals surface area contributed by atoms with E-state index in [1.807, 2.05) is 49.9 Å². The van der Waals surface area contributed by atoms with E-state index in [4.69, 9.17) is 45.2 Å². The number of anilines is 1. The first-order chi connectivity index (χ1) is 29.9. The van der Waals surface area contributed by atoms with Crippen LogP contribution in [0.5, 0.6) is 11.8 Å². The predicted octanol–water partition coefficient (Wildman–Crippen LogP) is 10.5. The molecule has 5 atom stereocenters. The second kappa shape index (κ2) is 16.6. The Balaban J connectivity index is 1.30. The van der Waals surface area contributed by atoms with Crippen molar-refractivity contribution in [1.29, 1.82) is 0 Å². The molecule has 346 valence electrons. The molecular formula is C48H63ClF2N6O6Si. The van der Waals surface area contributed by atoms with Gasteiger partial charge in [-0.15, -0.1) is 0 Å². The highest BCUT2D eigenvalue weighted by atomic mass is 35.5. The Morgan fingerprint density at radius 2 is 1.72 bits per heavy atom. The minimum absolute atomic E-state index is 0.0447. The Morgan fingerprint density at radius 1 is 0.984 bits per heavy atom. The van der Waals surface area contributed by atoms with Gasteiger partial charge in [0.15, 0.2) is 14.1 Å². The SMILES string of the molecule is CC(C)(C)OC(=O)N1[C@H]2CC[C@@H]1[C@@H](CO[Si](C)(C)C(C)(C)C)N(c1nc(OC[C@@]34CCCN3C[C@H](F)C4)nc3c(F)c(-c4cc(OC(=O)C(C)(C)C)cc5ccccc45)nc(Cl)c13)C2. The van der Waals surface area contributed by atoms with Gasteiger partial charge in [-0.05, 0) is 115 Å². The van der Waals surface area contributed by atoms with Crippen molar-refractivity contribution in [3.05, 3.63) is 47.4 Å². The lowest BCUT2D eigenvalue weighted by molar-refractivity contribution is -0.142. The molecule has 4 aliphatic rings. The summed E-state index contributed by atoms with van der Waals surface area (Å²) in [4.78, 5) is 47.7. The highest BCUT2D eigenvalue weighted by Gasteiger charge is 2.53. The summed E-state index contributed by atoms with van der Waals surface area (Å²) < 4.78 is 58.1. The summed E-state index contributed by atoms with van der Waals surface area (Å²) >= 11 is 7.29. The van der Waals surface area contributed by atoms with E-state index in [9.17, 15) is 14.0 Å². The van der Waals surface area contributed by atoms with Gasteiger partial charge >= 0.3 is 18.1 Å². The lowest BCUT2D eigenvalue weighted by atomic mass is 9.95. The minimum Gasteiger partial charge on any atom is -0.461 e. The maximum atomic E-state index is 17.9. The monoisotopic (exact) mass is 920 g/mol. The molecule has 0 spiro atoms. The number of fused-ring (bicyclic) bond motifs is 5. The molecule has 0 aliphatic carbocycles. The molecule has 1 amide bonds. The maximum Gasteiger partial charge on any atom is 0.410 e. The van der Waals surface area contributed by atoms with Crippen LogP contribution in [-0.2, 0) is 14.0 Å². The molecule has 0 radical (unpaired) electrons. The number of alkyl halides is 1. The van der Waals surface area contributed by atoms with E-state index in [0.29, 0.717) is 54.5 Å². The fraction of sp³-hybridized carbons (Fsp3) is 0.604. The zero-order valence-corrected chi connectivity index (χ0v) is 40.9. The number of ether oxygens (including phenoxy) is 3. The van der Waals surface area contributed by atoms with Gasteiger partial charge in [-0.3, -0.25) is 14.6 Å². The molecular weight excluding hydrogens is 858 g/mol. The Morgan fingerprint density at radius 3 is 2.42 bits per heavy atom. The number of piperazine rings is 1. The van der Waals surface area contributed by atoms with E-state index >= 15 is 4.39 Å². The number of hydrogen-bond donors (Lipinski definition) is 0. The number of rotatable bonds is 9. The van der Waals surface area contributed by atoms with Crippen molar-refractivity contribution < 1.29 is 37.0 Å². The van der Waals surface area contributed by atoms with Crippen molar-refractivity contribution in [3.8, 4) is 23.0 Å². The second-order valence-corrected chi connectivity index (χ2v) is 27.0. The molecule has 6 heterocycles. The summed E-state index contributed by atoms with van der Waals surface area (Å²) in [5.41, 5.74) is -1.89. The third-order valence-electron chi connectivity index (χ3n) is 13.9. The van der Waals surface area contributed by atoms with E-state index in [1.165, 1.54) is 0 Å². The lowest BCUT2D eigenvalue weighted by Crippen LogP contribution is -2.64. The largest absolute Gasteiger partial charge is 0.461 e. The fourth-order valence-electron chi connectivity index (χ4n) is 9.58. The Bertz CT molecular complexity index is 2470. The van der Waals surface area contributed by atoms with Gasteiger partial charge in [-0.25, -0.2) is 18.6 Å². The Labute approximate surface area is 381 Å². The number of esters is 1. The van der Waals surface area contributed by atoms with Crippen LogP contribution in [0.3, 0.4) is 0 Å². The highest BCUT2D eigenvalue weighted by molar-refractivity contribution is 6.74. The minimum atomic E-state index is -2.34. The number of hydrogen-bond acceptors (Lipinski definition) is 11. The normalized spacial score (nSPS) is 24.2. The van der Waals surface area contributed by atoms with Gasteiger partial charge in [0.2, 0.25) is 0 Å². The first-order valence-electron chi connectivity index (χ1n) is 22.6. The van der Waals surface area contributed by atoms with Gasteiger partial charge in [0.1, 0.15) is 46.3 Å². The molecule has 2 aromatic heterocycles. The van der Waals surface area contributed by atoms with Crippen LogP contribution < -0.4 is 14.4 Å². The molecule has 2 aromatic carbocycles. The van der Waals surface area contributed by atoms with Gasteiger partial charge in [0.25, 0.3) is 0 Å². The third-order valence-corrected chi connectivity index (χ3v) is 18.7. The summed E-state index contributed by atoms with van der Waals surface area (Å²) in [6.45, 7) is 23.6. The molecule has 4 saturated heterocycles. The molecule has 12 nitrogen and oxygen atoms in total. The van der Waals surface area contributed by atoms with E-state index in [0.717, 1.165) is 19.4 Å². The van der Waals surface area contributed by atoms with Gasteiger partial charge < -0.3 is 23.5 Å². The quantitative estimate of drug-likeness (QED) is 0.0691. The molecule has 0 N–H and O–H groups in total. The Hall–Kier alpha value is -4.18. The van der Waals surface area contributed by atoms with Crippen LogP contribution in [0.4, 0.5) is 19.4 Å². The molecule has 2 bridgehead atoms. The average molecular weight is 922 g/mol. The van der Waals surface area contributed by atoms with Crippen molar-refractivity contribution in [2.45, 2.75) is 148 Å². The van der Waals surface area contributed by atoms with Crippen LogP contribution in [0.1, 0.15) is 94.4 Å². The van der Waals surface area contributed by atoms with Crippen LogP contribution >= 0.6 is 11.6 Å². The zero-order chi connectivity index (χ0) is 46.3. The first kappa shape index (κ1) is 46.4. The summed E-state index contributed by atoms with van der Waals surface area (Å²) in [6, 6.07) is 9.61. The number of aromatic nitrogens is 3. The van der Waals surface area contributed by atoms with Crippen molar-refractivity contribution >= 4 is 59.5 Å². The molecule has 16 heteroatoms. The van der Waals surface area contributed by atoms with Crippen molar-refractivity contribution in [1.82, 2.24) is 24.8 Å². The van der Waals surface area contributed by atoms with Crippen LogP contribution in [0.15, 0.2) is 36.4 Å². The topological polar surface area (TPSA) is 119 Å². The molecule has 4 aliphatic heterocycles. The molecule has 64 heavy (non-hydrogen) atoms. The Kier molecular flexibility index (Phi) is 12.0. The molecule has 4 aromatic rings. The summed E-state index contributed by atoms with van der Waals surface area (Å²) in [6.07, 6.45) is 2.03. The summed E-state index contributed by atoms with van der Waals surface area (Å²) in [5, 5.41) is 1.39. The van der Waals surface area contributed by atoms with Gasteiger partial charge in [-0.2, -0.15) is 9.97 Å². The molecule has 0 unspecified atom stereocenters. The standard InChI is InChI=1S/C48H63ClF2N6O6Si/c1-45(2,3)42(58)62-31-21-28-15-12-13-16-32(28)33(22-31)38-37(51)39-36(40(49)52-38)41(54-43(53-39)60-27-48-19-14-20-55(48)24-29(50)23-48)56-25-30-17-18-34(57(30)44(59)63-46(4,5)6)35(56)26-61-64(10,11)47(7,8)9/h12-13,15-16,21-22,29-30,34-35H,14,17-20,23-27H2,1-11H3/t29-,30+,34-,35-,48+/m1/s1. The van der Waals surface area contributed by atoms with Crippen LogP contribution in [-0.4, -0.2) is 113 Å². The molecule has 4 fully saturated rings. The average Bonchev–Trinajstić information content (AvgIpc) is 3.84. The number of amides is 1. The van der Waals surface area contributed by atoms with Gasteiger partial charge in [-0.1, -0.05) is 56.6 Å². The van der Waals surface area contributed by atoms with Crippen molar-refractivity contribution in [2.24, 2.45) is 5.41 Å².